The molecule has 0 spiro atoms. The number of piperidine rings is 1. The molecule has 2 N–H and O–H groups in total. The number of carbonyl (C=O) groups is 1. The molecule has 0 saturated carbocycles. The van der Waals surface area contributed by atoms with Crippen LogP contribution in [0.3, 0.4) is 0 Å². The van der Waals surface area contributed by atoms with Crippen molar-refractivity contribution >= 4 is 22.4 Å². The number of aromatic nitrogens is 1. The molecular formula is C16H19N3OS. The fourth-order valence-corrected chi connectivity index (χ4v) is 3.84. The largest absolute Gasteiger partial charge is 0.364 e. The highest BCUT2D eigenvalue weighted by atomic mass is 32.1. The third-order valence-electron chi connectivity index (χ3n) is 4.18. The first kappa shape index (κ1) is 14.1. The number of primary amides is 1. The number of nitrogens with two attached hydrogens (primary N) is 1. The maximum Gasteiger partial charge on any atom is 0.268 e. The summed E-state index contributed by atoms with van der Waals surface area (Å²) < 4.78 is 0. The summed E-state index contributed by atoms with van der Waals surface area (Å²) in [6.07, 6.45) is 2.29. The Kier molecular flexibility index (Phi) is 3.68. The van der Waals surface area contributed by atoms with E-state index in [2.05, 4.69) is 41.1 Å². The molecular weight excluding hydrogens is 282 g/mol. The van der Waals surface area contributed by atoms with Gasteiger partial charge in [-0.05, 0) is 18.4 Å². The van der Waals surface area contributed by atoms with Gasteiger partial charge in [0.1, 0.15) is 5.69 Å². The molecule has 2 heterocycles. The Morgan fingerprint density at radius 3 is 2.81 bits per heavy atom. The first-order valence-electron chi connectivity index (χ1n) is 7.14. The number of amides is 1. The zero-order valence-electron chi connectivity index (χ0n) is 12.1. The van der Waals surface area contributed by atoms with E-state index in [1.165, 1.54) is 23.3 Å². The van der Waals surface area contributed by atoms with Crippen LogP contribution in [0.2, 0.25) is 0 Å². The van der Waals surface area contributed by atoms with E-state index in [0.717, 1.165) is 24.6 Å². The van der Waals surface area contributed by atoms with E-state index in [1.54, 1.807) is 5.38 Å². The normalized spacial score (nSPS) is 22.2. The van der Waals surface area contributed by atoms with Gasteiger partial charge in [0.2, 0.25) is 0 Å². The number of hydrogen-bond acceptors (Lipinski definition) is 4. The van der Waals surface area contributed by atoms with E-state index in [4.69, 9.17) is 5.73 Å². The van der Waals surface area contributed by atoms with Crippen molar-refractivity contribution in [3.8, 4) is 0 Å². The highest BCUT2D eigenvalue weighted by molar-refractivity contribution is 7.13. The lowest BCUT2D eigenvalue weighted by molar-refractivity contribution is 0.0996. The first-order valence-corrected chi connectivity index (χ1v) is 8.02. The first-order chi connectivity index (χ1) is 10.1. The molecule has 4 nitrogen and oxygen atoms in total. The maximum atomic E-state index is 11.2. The van der Waals surface area contributed by atoms with Crippen molar-refractivity contribution in [2.24, 2.45) is 5.73 Å². The maximum absolute atomic E-state index is 11.2. The summed E-state index contributed by atoms with van der Waals surface area (Å²) in [5, 5.41) is 2.64. The molecule has 1 aromatic heterocycles. The second-order valence-corrected chi connectivity index (χ2v) is 6.67. The molecule has 0 radical (unpaired) electrons. The fraction of sp³-hybridized carbons (Fsp3) is 0.375. The van der Waals surface area contributed by atoms with Crippen molar-refractivity contribution in [3.05, 3.63) is 47.0 Å². The van der Waals surface area contributed by atoms with Gasteiger partial charge >= 0.3 is 0 Å². The molecule has 0 bridgehead atoms. The Hall–Kier alpha value is -1.88. The van der Waals surface area contributed by atoms with Gasteiger partial charge in [0.15, 0.2) is 5.13 Å². The third kappa shape index (κ3) is 2.78. The monoisotopic (exact) mass is 301 g/mol. The molecule has 1 atom stereocenters. The van der Waals surface area contributed by atoms with Crippen molar-refractivity contribution in [2.45, 2.75) is 25.2 Å². The van der Waals surface area contributed by atoms with Crippen LogP contribution in [0.1, 0.15) is 35.8 Å². The van der Waals surface area contributed by atoms with Crippen molar-refractivity contribution in [2.75, 3.05) is 18.0 Å². The van der Waals surface area contributed by atoms with Gasteiger partial charge in [-0.1, -0.05) is 37.3 Å². The summed E-state index contributed by atoms with van der Waals surface area (Å²) >= 11 is 1.49. The van der Waals surface area contributed by atoms with E-state index in [1.807, 2.05) is 6.07 Å². The number of thiazole rings is 1. The molecule has 0 unspecified atom stereocenters. The molecule has 1 saturated heterocycles. The second-order valence-electron chi connectivity index (χ2n) is 5.83. The second kappa shape index (κ2) is 5.48. The molecule has 1 fully saturated rings. The molecule has 0 aliphatic carbocycles. The molecule has 1 amide bonds. The number of nitrogens with zero attached hydrogens (tertiary/aromatic N) is 2. The van der Waals surface area contributed by atoms with Gasteiger partial charge in [0, 0.05) is 23.9 Å². The molecule has 2 aromatic rings. The Morgan fingerprint density at radius 1 is 1.38 bits per heavy atom. The molecule has 110 valence electrons. The predicted molar refractivity (Wildman–Crippen MR) is 85.9 cm³/mol. The minimum Gasteiger partial charge on any atom is -0.364 e. The van der Waals surface area contributed by atoms with Gasteiger partial charge in [-0.2, -0.15) is 0 Å². The standard InChI is InChI=1S/C16H19N3OS/c1-16(12-6-3-2-4-7-12)8-5-9-19(11-16)15-18-13(10-21-15)14(17)20/h2-4,6-7,10H,5,8-9,11H2,1H3,(H2,17,20)/t16-/m0/s1. The van der Waals surface area contributed by atoms with Gasteiger partial charge in [-0.15, -0.1) is 11.3 Å². The number of carbonyl (C=O) groups excluding carboxylic acids is 1. The fourth-order valence-electron chi connectivity index (χ4n) is 3.00. The molecule has 21 heavy (non-hydrogen) atoms. The van der Waals surface area contributed by atoms with E-state index >= 15 is 0 Å². The summed E-state index contributed by atoms with van der Waals surface area (Å²) in [4.78, 5) is 17.8. The molecule has 1 aliphatic heterocycles. The average Bonchev–Trinajstić information content (AvgIpc) is 2.98. The Labute approximate surface area is 128 Å². The van der Waals surface area contributed by atoms with Crippen LogP contribution in [-0.2, 0) is 5.41 Å². The van der Waals surface area contributed by atoms with E-state index in [0.29, 0.717) is 5.69 Å². The quantitative estimate of drug-likeness (QED) is 0.948. The van der Waals surface area contributed by atoms with Gasteiger partial charge < -0.3 is 10.6 Å². The zero-order valence-corrected chi connectivity index (χ0v) is 12.9. The van der Waals surface area contributed by atoms with Crippen molar-refractivity contribution < 1.29 is 4.79 Å². The van der Waals surface area contributed by atoms with Crippen LogP contribution < -0.4 is 10.6 Å². The minimum absolute atomic E-state index is 0.123. The zero-order chi connectivity index (χ0) is 14.9. The predicted octanol–water partition coefficient (Wildman–Crippen LogP) is 2.80. The Bertz CT molecular complexity index is 640. The van der Waals surface area contributed by atoms with Gasteiger partial charge in [-0.3, -0.25) is 4.79 Å². The summed E-state index contributed by atoms with van der Waals surface area (Å²) in [7, 11) is 0. The Balaban J connectivity index is 1.83. The lowest BCUT2D eigenvalue weighted by Crippen LogP contribution is -2.44. The number of benzene rings is 1. The van der Waals surface area contributed by atoms with Crippen LogP contribution in [0.4, 0.5) is 5.13 Å². The topological polar surface area (TPSA) is 59.2 Å². The van der Waals surface area contributed by atoms with Crippen LogP contribution >= 0.6 is 11.3 Å². The smallest absolute Gasteiger partial charge is 0.268 e. The van der Waals surface area contributed by atoms with Gasteiger partial charge in [0.25, 0.3) is 5.91 Å². The highest BCUT2D eigenvalue weighted by Crippen LogP contribution is 2.36. The van der Waals surface area contributed by atoms with Crippen LogP contribution in [0.25, 0.3) is 0 Å². The van der Waals surface area contributed by atoms with Crippen molar-refractivity contribution in [1.82, 2.24) is 4.98 Å². The van der Waals surface area contributed by atoms with E-state index < -0.39 is 5.91 Å². The minimum atomic E-state index is -0.458. The summed E-state index contributed by atoms with van der Waals surface area (Å²) in [6, 6.07) is 10.6. The summed E-state index contributed by atoms with van der Waals surface area (Å²) in [5.74, 6) is -0.458. The van der Waals surface area contributed by atoms with Crippen LogP contribution in [0, 0.1) is 0 Å². The number of anilines is 1. The summed E-state index contributed by atoms with van der Waals surface area (Å²) in [5.41, 5.74) is 7.14. The molecule has 3 rings (SSSR count). The lowest BCUT2D eigenvalue weighted by atomic mass is 9.76. The Morgan fingerprint density at radius 2 is 2.14 bits per heavy atom. The highest BCUT2D eigenvalue weighted by Gasteiger charge is 2.33. The lowest BCUT2D eigenvalue weighted by Gasteiger charge is -2.41. The van der Waals surface area contributed by atoms with Gasteiger partial charge in [0.05, 0.1) is 0 Å². The van der Waals surface area contributed by atoms with Crippen LogP contribution in [0.15, 0.2) is 35.7 Å². The van der Waals surface area contributed by atoms with E-state index in [-0.39, 0.29) is 5.41 Å². The average molecular weight is 301 g/mol. The van der Waals surface area contributed by atoms with Crippen molar-refractivity contribution in [3.63, 3.8) is 0 Å². The molecule has 5 heteroatoms. The number of hydrogen-bond donors (Lipinski definition) is 1. The molecule has 1 aromatic carbocycles. The van der Waals surface area contributed by atoms with Crippen LogP contribution in [-0.4, -0.2) is 24.0 Å². The third-order valence-corrected chi connectivity index (χ3v) is 5.08. The number of rotatable bonds is 3. The summed E-state index contributed by atoms with van der Waals surface area (Å²) in [6.45, 7) is 4.20. The van der Waals surface area contributed by atoms with Gasteiger partial charge in [-0.25, -0.2) is 4.98 Å². The van der Waals surface area contributed by atoms with Crippen LogP contribution in [0.5, 0.6) is 0 Å². The van der Waals surface area contributed by atoms with E-state index in [9.17, 15) is 4.79 Å². The molecule has 1 aliphatic rings. The SMILES string of the molecule is C[C@]1(c2ccccc2)CCCN(c2nc(C(N)=O)cs2)C1. The van der Waals surface area contributed by atoms with Crippen molar-refractivity contribution in [1.29, 1.82) is 0 Å².